The molecule has 0 radical (unpaired) electrons. The second-order valence-corrected chi connectivity index (χ2v) is 4.71. The average Bonchev–Trinajstić information content (AvgIpc) is 2.47. The maximum absolute atomic E-state index is 12.2. The van der Waals surface area contributed by atoms with Gasteiger partial charge < -0.3 is 10.1 Å². The lowest BCUT2D eigenvalue weighted by Gasteiger charge is -2.11. The van der Waals surface area contributed by atoms with E-state index in [1.165, 1.54) is 5.56 Å². The highest BCUT2D eigenvalue weighted by Gasteiger charge is 2.09. The molecule has 2 aromatic carbocycles. The van der Waals surface area contributed by atoms with E-state index in [0.29, 0.717) is 17.0 Å². The van der Waals surface area contributed by atoms with Crippen molar-refractivity contribution in [1.29, 1.82) is 0 Å². The van der Waals surface area contributed by atoms with Crippen molar-refractivity contribution >= 4 is 11.6 Å². The molecule has 0 bridgehead atoms. The van der Waals surface area contributed by atoms with Crippen molar-refractivity contribution in [3.63, 3.8) is 0 Å². The van der Waals surface area contributed by atoms with Gasteiger partial charge in [0.25, 0.3) is 5.91 Å². The summed E-state index contributed by atoms with van der Waals surface area (Å²) in [5, 5.41) is 2.89. The Morgan fingerprint density at radius 2 is 1.85 bits per heavy atom. The first-order valence-corrected chi connectivity index (χ1v) is 6.69. The fourth-order valence-electron chi connectivity index (χ4n) is 2.01. The molecule has 0 fully saturated rings. The number of amides is 1. The third-order valence-corrected chi connectivity index (χ3v) is 3.23. The lowest BCUT2D eigenvalue weighted by molar-refractivity contribution is 0.102. The molecule has 0 unspecified atom stereocenters. The van der Waals surface area contributed by atoms with E-state index >= 15 is 0 Å². The first-order valence-electron chi connectivity index (χ1n) is 6.69. The number of benzene rings is 2. The number of aryl methyl sites for hydroxylation is 2. The van der Waals surface area contributed by atoms with Crippen molar-refractivity contribution in [1.82, 2.24) is 0 Å². The second-order valence-electron chi connectivity index (χ2n) is 4.71. The topological polar surface area (TPSA) is 38.3 Å². The summed E-state index contributed by atoms with van der Waals surface area (Å²) < 4.78 is 5.26. The Bertz CT molecular complexity index is 603. The normalized spacial score (nSPS) is 10.2. The molecule has 3 heteroatoms. The van der Waals surface area contributed by atoms with E-state index in [1.807, 2.05) is 49.4 Å². The van der Waals surface area contributed by atoms with Crippen LogP contribution in [0, 0.1) is 6.92 Å². The summed E-state index contributed by atoms with van der Waals surface area (Å²) in [4.78, 5) is 12.2. The number of nitrogens with one attached hydrogen (secondary N) is 1. The molecule has 104 valence electrons. The predicted molar refractivity (Wildman–Crippen MR) is 81.5 cm³/mol. The van der Waals surface area contributed by atoms with Gasteiger partial charge in [0, 0.05) is 5.56 Å². The van der Waals surface area contributed by atoms with Gasteiger partial charge in [0.15, 0.2) is 0 Å². The minimum atomic E-state index is -0.128. The molecule has 0 aliphatic rings. The van der Waals surface area contributed by atoms with Gasteiger partial charge in [-0.05, 0) is 48.7 Å². The summed E-state index contributed by atoms with van der Waals surface area (Å²) in [7, 11) is 1.59. The first-order chi connectivity index (χ1) is 9.63. The van der Waals surface area contributed by atoms with Crippen molar-refractivity contribution in [2.75, 3.05) is 12.4 Å². The molecule has 2 rings (SSSR count). The van der Waals surface area contributed by atoms with E-state index in [-0.39, 0.29) is 5.91 Å². The largest absolute Gasteiger partial charge is 0.495 e. The molecule has 0 atom stereocenters. The third-order valence-electron chi connectivity index (χ3n) is 3.23. The zero-order valence-electron chi connectivity index (χ0n) is 12.1. The summed E-state index contributed by atoms with van der Waals surface area (Å²) in [6.07, 6.45) is 0.966. The Morgan fingerprint density at radius 3 is 2.45 bits per heavy atom. The molecule has 0 heterocycles. The van der Waals surface area contributed by atoms with Gasteiger partial charge >= 0.3 is 0 Å². The first kappa shape index (κ1) is 14.1. The molecule has 0 aliphatic carbocycles. The van der Waals surface area contributed by atoms with E-state index in [1.54, 1.807) is 7.11 Å². The van der Waals surface area contributed by atoms with Gasteiger partial charge in [-0.3, -0.25) is 4.79 Å². The Labute approximate surface area is 119 Å². The molecule has 0 saturated carbocycles. The van der Waals surface area contributed by atoms with Crippen LogP contribution in [0.25, 0.3) is 0 Å². The highest BCUT2D eigenvalue weighted by molar-refractivity contribution is 6.05. The number of carbonyl (C=O) groups is 1. The molecule has 0 spiro atoms. The fraction of sp³-hybridized carbons (Fsp3) is 0.235. The van der Waals surface area contributed by atoms with Crippen molar-refractivity contribution in [3.8, 4) is 5.75 Å². The monoisotopic (exact) mass is 269 g/mol. The lowest BCUT2D eigenvalue weighted by atomic mass is 10.1. The number of hydrogen-bond acceptors (Lipinski definition) is 2. The zero-order chi connectivity index (χ0) is 14.5. The van der Waals surface area contributed by atoms with Crippen molar-refractivity contribution in [2.24, 2.45) is 0 Å². The van der Waals surface area contributed by atoms with Crippen LogP contribution in [-0.2, 0) is 6.42 Å². The summed E-state index contributed by atoms with van der Waals surface area (Å²) in [5.41, 5.74) is 3.62. The van der Waals surface area contributed by atoms with Crippen molar-refractivity contribution < 1.29 is 9.53 Å². The molecule has 0 aliphatic heterocycles. The molecular formula is C17H19NO2. The molecule has 0 saturated heterocycles. The van der Waals surface area contributed by atoms with Gasteiger partial charge in [0.05, 0.1) is 12.8 Å². The predicted octanol–water partition coefficient (Wildman–Crippen LogP) is 3.82. The van der Waals surface area contributed by atoms with Crippen LogP contribution in [0.15, 0.2) is 42.5 Å². The van der Waals surface area contributed by atoms with Crippen molar-refractivity contribution in [2.45, 2.75) is 20.3 Å². The quantitative estimate of drug-likeness (QED) is 0.916. The standard InChI is InChI=1S/C17H19NO2/c1-4-13-6-8-14(9-7-13)17(19)18-15-11-12(2)5-10-16(15)20-3/h5-11H,4H2,1-3H3,(H,18,19). The van der Waals surface area contributed by atoms with Gasteiger partial charge in [-0.2, -0.15) is 0 Å². The number of anilines is 1. The summed E-state index contributed by atoms with van der Waals surface area (Å²) in [6, 6.07) is 13.3. The number of ether oxygens (including phenoxy) is 1. The van der Waals surface area contributed by atoms with Crippen LogP contribution >= 0.6 is 0 Å². The summed E-state index contributed by atoms with van der Waals surface area (Å²) in [5.74, 6) is 0.533. The maximum Gasteiger partial charge on any atom is 0.255 e. The van der Waals surface area contributed by atoms with E-state index in [4.69, 9.17) is 4.74 Å². The second kappa shape index (κ2) is 6.24. The van der Waals surface area contributed by atoms with Crippen LogP contribution in [0.5, 0.6) is 5.75 Å². The molecule has 0 aromatic heterocycles. The fourth-order valence-corrected chi connectivity index (χ4v) is 2.01. The van der Waals surface area contributed by atoms with Crippen LogP contribution in [0.3, 0.4) is 0 Å². The highest BCUT2D eigenvalue weighted by atomic mass is 16.5. The Hall–Kier alpha value is -2.29. The van der Waals surface area contributed by atoms with E-state index < -0.39 is 0 Å². The van der Waals surface area contributed by atoms with E-state index in [0.717, 1.165) is 12.0 Å². The van der Waals surface area contributed by atoms with Crippen LogP contribution in [0.2, 0.25) is 0 Å². The highest BCUT2D eigenvalue weighted by Crippen LogP contribution is 2.25. The van der Waals surface area contributed by atoms with Gasteiger partial charge in [-0.1, -0.05) is 25.1 Å². The summed E-state index contributed by atoms with van der Waals surface area (Å²) in [6.45, 7) is 4.07. The maximum atomic E-state index is 12.2. The number of hydrogen-bond donors (Lipinski definition) is 1. The molecular weight excluding hydrogens is 250 g/mol. The molecule has 20 heavy (non-hydrogen) atoms. The third kappa shape index (κ3) is 3.18. The van der Waals surface area contributed by atoms with Crippen molar-refractivity contribution in [3.05, 3.63) is 59.2 Å². The van der Waals surface area contributed by atoms with Gasteiger partial charge in [-0.25, -0.2) is 0 Å². The molecule has 2 aromatic rings. The molecule has 1 N–H and O–H groups in total. The minimum absolute atomic E-state index is 0.128. The molecule has 1 amide bonds. The Balaban J connectivity index is 2.20. The van der Waals surface area contributed by atoms with E-state index in [2.05, 4.69) is 12.2 Å². The Morgan fingerprint density at radius 1 is 1.15 bits per heavy atom. The number of rotatable bonds is 4. The average molecular weight is 269 g/mol. The van der Waals surface area contributed by atoms with Gasteiger partial charge in [0.2, 0.25) is 0 Å². The van der Waals surface area contributed by atoms with Crippen LogP contribution in [0.1, 0.15) is 28.4 Å². The Kier molecular flexibility index (Phi) is 4.41. The minimum Gasteiger partial charge on any atom is -0.495 e. The van der Waals surface area contributed by atoms with Crippen LogP contribution < -0.4 is 10.1 Å². The van der Waals surface area contributed by atoms with E-state index in [9.17, 15) is 4.79 Å². The van der Waals surface area contributed by atoms with Crippen LogP contribution in [0.4, 0.5) is 5.69 Å². The lowest BCUT2D eigenvalue weighted by Crippen LogP contribution is -2.12. The number of methoxy groups -OCH3 is 1. The zero-order valence-corrected chi connectivity index (χ0v) is 12.1. The summed E-state index contributed by atoms with van der Waals surface area (Å²) >= 11 is 0. The van der Waals surface area contributed by atoms with Gasteiger partial charge in [0.1, 0.15) is 5.75 Å². The van der Waals surface area contributed by atoms with Crippen LogP contribution in [-0.4, -0.2) is 13.0 Å². The van der Waals surface area contributed by atoms with Gasteiger partial charge in [-0.15, -0.1) is 0 Å². The molecule has 3 nitrogen and oxygen atoms in total. The SMILES string of the molecule is CCc1ccc(C(=O)Nc2cc(C)ccc2OC)cc1. The smallest absolute Gasteiger partial charge is 0.255 e. The number of carbonyl (C=O) groups excluding carboxylic acids is 1.